The van der Waals surface area contributed by atoms with Crippen LogP contribution in [0.25, 0.3) is 0 Å². The third-order valence-corrected chi connectivity index (χ3v) is 1.68. The largest absolute Gasteiger partial charge is 0.384 e. The summed E-state index contributed by atoms with van der Waals surface area (Å²) >= 11 is 0. The molecule has 0 saturated heterocycles. The van der Waals surface area contributed by atoms with Crippen LogP contribution in [0.3, 0.4) is 0 Å². The zero-order valence-corrected chi connectivity index (χ0v) is 7.72. The third kappa shape index (κ3) is 7.53. The lowest BCUT2D eigenvalue weighted by Gasteiger charge is -2.07. The fraction of sp³-hybridized carbons (Fsp3) is 0.889. The molecule has 11 heavy (non-hydrogen) atoms. The third-order valence-electron chi connectivity index (χ3n) is 1.68. The van der Waals surface area contributed by atoms with Crippen LogP contribution in [0.1, 0.15) is 33.1 Å². The van der Waals surface area contributed by atoms with E-state index >= 15 is 0 Å². The summed E-state index contributed by atoms with van der Waals surface area (Å²) in [6.45, 7) is 4.59. The van der Waals surface area contributed by atoms with Crippen molar-refractivity contribution in [2.45, 2.75) is 33.1 Å². The molecule has 0 spiro atoms. The molecule has 0 rings (SSSR count). The van der Waals surface area contributed by atoms with Crippen molar-refractivity contribution in [2.24, 2.45) is 5.92 Å². The molecule has 0 aliphatic heterocycles. The average Bonchev–Trinajstić information content (AvgIpc) is 1.87. The molecular formula is C9H18O2. The van der Waals surface area contributed by atoms with E-state index in [-0.39, 0.29) is 5.78 Å². The molecule has 0 aromatic rings. The molecule has 0 heterocycles. The number of carbonyl (C=O) groups is 1. The van der Waals surface area contributed by atoms with Crippen molar-refractivity contribution in [1.82, 2.24) is 0 Å². The number of rotatable bonds is 6. The lowest BCUT2D eigenvalue weighted by atomic mass is 10.0. The summed E-state index contributed by atoms with van der Waals surface area (Å²) in [7, 11) is 1.71. The van der Waals surface area contributed by atoms with Crippen LogP contribution in [-0.4, -0.2) is 19.5 Å². The van der Waals surface area contributed by atoms with Crippen LogP contribution in [0, 0.1) is 5.92 Å². The molecule has 0 aliphatic carbocycles. The Labute approximate surface area is 68.9 Å². The maximum Gasteiger partial charge on any atom is 0.129 e. The first-order valence-corrected chi connectivity index (χ1v) is 4.15. The Morgan fingerprint density at radius 3 is 2.64 bits per heavy atom. The van der Waals surface area contributed by atoms with E-state index < -0.39 is 0 Å². The summed E-state index contributed by atoms with van der Waals surface area (Å²) in [6, 6.07) is 0. The van der Waals surface area contributed by atoms with Gasteiger partial charge in [-0.1, -0.05) is 6.92 Å². The minimum Gasteiger partial charge on any atom is -0.384 e. The van der Waals surface area contributed by atoms with Gasteiger partial charge in [-0.15, -0.1) is 0 Å². The zero-order valence-electron chi connectivity index (χ0n) is 7.72. The smallest absolute Gasteiger partial charge is 0.129 e. The van der Waals surface area contributed by atoms with Crippen molar-refractivity contribution in [2.75, 3.05) is 13.7 Å². The highest BCUT2D eigenvalue weighted by molar-refractivity contribution is 5.75. The van der Waals surface area contributed by atoms with Gasteiger partial charge in [-0.3, -0.25) is 0 Å². The van der Waals surface area contributed by atoms with Crippen molar-refractivity contribution in [3.05, 3.63) is 0 Å². The highest BCUT2D eigenvalue weighted by Crippen LogP contribution is 2.07. The normalized spacial score (nSPS) is 13.0. The first-order valence-electron chi connectivity index (χ1n) is 4.15. The Morgan fingerprint density at radius 1 is 1.55 bits per heavy atom. The Bertz CT molecular complexity index is 110. The summed E-state index contributed by atoms with van der Waals surface area (Å²) < 4.78 is 4.98. The number of methoxy groups -OCH3 is 1. The van der Waals surface area contributed by atoms with E-state index in [0.717, 1.165) is 19.4 Å². The standard InChI is InChI=1S/C9H18O2/c1-8(7-11-3)5-4-6-9(2)10/h8H,4-7H2,1-3H3. The van der Waals surface area contributed by atoms with Gasteiger partial charge in [-0.05, 0) is 25.7 Å². The number of Topliss-reactive ketones (excluding diaryl/α,β-unsaturated/α-hetero) is 1. The Morgan fingerprint density at radius 2 is 2.18 bits per heavy atom. The first kappa shape index (κ1) is 10.6. The topological polar surface area (TPSA) is 26.3 Å². The number of ether oxygens (including phenoxy) is 1. The van der Waals surface area contributed by atoms with Gasteiger partial charge in [0.2, 0.25) is 0 Å². The quantitative estimate of drug-likeness (QED) is 0.591. The molecule has 0 radical (unpaired) electrons. The van der Waals surface area contributed by atoms with Crippen molar-refractivity contribution < 1.29 is 9.53 Å². The van der Waals surface area contributed by atoms with Crippen molar-refractivity contribution in [3.8, 4) is 0 Å². The predicted molar refractivity (Wildman–Crippen MR) is 45.6 cm³/mol. The Kier molecular flexibility index (Phi) is 6.13. The molecule has 0 amide bonds. The summed E-state index contributed by atoms with van der Waals surface area (Å²) in [4.78, 5) is 10.6. The maximum absolute atomic E-state index is 10.6. The molecule has 0 aliphatic rings. The van der Waals surface area contributed by atoms with Gasteiger partial charge in [-0.2, -0.15) is 0 Å². The van der Waals surface area contributed by atoms with E-state index in [9.17, 15) is 4.79 Å². The predicted octanol–water partition coefficient (Wildman–Crippen LogP) is 2.03. The van der Waals surface area contributed by atoms with Crippen LogP contribution in [0.5, 0.6) is 0 Å². The molecular weight excluding hydrogens is 140 g/mol. The van der Waals surface area contributed by atoms with Crippen molar-refractivity contribution in [1.29, 1.82) is 0 Å². The molecule has 1 unspecified atom stereocenters. The van der Waals surface area contributed by atoms with Crippen LogP contribution in [-0.2, 0) is 9.53 Å². The minimum atomic E-state index is 0.287. The van der Waals surface area contributed by atoms with Crippen LogP contribution in [0.15, 0.2) is 0 Å². The fourth-order valence-corrected chi connectivity index (χ4v) is 1.07. The van der Waals surface area contributed by atoms with E-state index in [2.05, 4.69) is 6.92 Å². The molecule has 1 atom stereocenters. The second kappa shape index (κ2) is 6.35. The van der Waals surface area contributed by atoms with Gasteiger partial charge in [0.05, 0.1) is 0 Å². The zero-order chi connectivity index (χ0) is 8.69. The molecule has 0 aromatic heterocycles. The van der Waals surface area contributed by atoms with Crippen molar-refractivity contribution in [3.63, 3.8) is 0 Å². The number of ketones is 1. The van der Waals surface area contributed by atoms with Gasteiger partial charge in [0, 0.05) is 20.1 Å². The van der Waals surface area contributed by atoms with E-state index in [1.165, 1.54) is 0 Å². The second-order valence-electron chi connectivity index (χ2n) is 3.15. The minimum absolute atomic E-state index is 0.287. The average molecular weight is 158 g/mol. The number of hydrogen-bond acceptors (Lipinski definition) is 2. The summed E-state index contributed by atoms with van der Waals surface area (Å²) in [6.07, 6.45) is 2.81. The van der Waals surface area contributed by atoms with Crippen LogP contribution in [0.2, 0.25) is 0 Å². The molecule has 2 heteroatoms. The van der Waals surface area contributed by atoms with Crippen molar-refractivity contribution >= 4 is 5.78 Å². The summed E-state index contributed by atoms with van der Waals surface area (Å²) in [5, 5.41) is 0. The van der Waals surface area contributed by atoms with Gasteiger partial charge in [0.1, 0.15) is 5.78 Å². The molecule has 0 saturated carbocycles. The second-order valence-corrected chi connectivity index (χ2v) is 3.15. The highest BCUT2D eigenvalue weighted by Gasteiger charge is 2.01. The fourth-order valence-electron chi connectivity index (χ4n) is 1.07. The number of carbonyl (C=O) groups excluding carboxylic acids is 1. The number of hydrogen-bond donors (Lipinski definition) is 0. The van der Waals surface area contributed by atoms with E-state index in [4.69, 9.17) is 4.74 Å². The molecule has 0 N–H and O–H groups in total. The highest BCUT2D eigenvalue weighted by atomic mass is 16.5. The van der Waals surface area contributed by atoms with Gasteiger partial charge < -0.3 is 9.53 Å². The maximum atomic E-state index is 10.6. The SMILES string of the molecule is COCC(C)CCCC(C)=O. The molecule has 66 valence electrons. The summed E-state index contributed by atoms with van der Waals surface area (Å²) in [5.41, 5.74) is 0. The van der Waals surface area contributed by atoms with Gasteiger partial charge >= 0.3 is 0 Å². The van der Waals surface area contributed by atoms with Gasteiger partial charge in [-0.25, -0.2) is 0 Å². The van der Waals surface area contributed by atoms with Crippen LogP contribution < -0.4 is 0 Å². The summed E-state index contributed by atoms with van der Waals surface area (Å²) in [5.74, 6) is 0.869. The van der Waals surface area contributed by atoms with Gasteiger partial charge in [0.15, 0.2) is 0 Å². The lowest BCUT2D eigenvalue weighted by Crippen LogP contribution is -2.04. The molecule has 0 fully saturated rings. The Balaban J connectivity index is 3.16. The van der Waals surface area contributed by atoms with E-state index in [1.807, 2.05) is 0 Å². The Hall–Kier alpha value is -0.370. The molecule has 0 bridgehead atoms. The molecule has 0 aromatic carbocycles. The molecule has 2 nitrogen and oxygen atoms in total. The van der Waals surface area contributed by atoms with Crippen LogP contribution in [0.4, 0.5) is 0 Å². The van der Waals surface area contributed by atoms with E-state index in [1.54, 1.807) is 14.0 Å². The van der Waals surface area contributed by atoms with Gasteiger partial charge in [0.25, 0.3) is 0 Å². The van der Waals surface area contributed by atoms with Crippen LogP contribution >= 0.6 is 0 Å². The monoisotopic (exact) mass is 158 g/mol. The first-order chi connectivity index (χ1) is 5.16. The van der Waals surface area contributed by atoms with E-state index in [0.29, 0.717) is 12.3 Å². The lowest BCUT2D eigenvalue weighted by molar-refractivity contribution is -0.117.